The van der Waals surface area contributed by atoms with Crippen LogP contribution in [0.15, 0.2) is 40.3 Å². The van der Waals surface area contributed by atoms with Gasteiger partial charge < -0.3 is 11.1 Å². The number of hydrogen-bond acceptors (Lipinski definition) is 4. The van der Waals surface area contributed by atoms with E-state index in [9.17, 15) is 0 Å². The zero-order chi connectivity index (χ0) is 12.1. The molecule has 0 aliphatic carbocycles. The third-order valence-corrected chi connectivity index (χ3v) is 3.94. The lowest BCUT2D eigenvalue weighted by Gasteiger charge is -2.11. The molecular weight excluding hydrogens is 298 g/mol. The summed E-state index contributed by atoms with van der Waals surface area (Å²) in [5, 5.41) is 6.15. The van der Waals surface area contributed by atoms with Gasteiger partial charge in [0.1, 0.15) is 4.60 Å². The molecule has 3 nitrogen and oxygen atoms in total. The Bertz CT molecular complexity index is 458. The van der Waals surface area contributed by atoms with Gasteiger partial charge in [-0.25, -0.2) is 4.98 Å². The Morgan fingerprint density at radius 1 is 1.35 bits per heavy atom. The van der Waals surface area contributed by atoms with E-state index in [0.29, 0.717) is 0 Å². The molecule has 0 saturated carbocycles. The summed E-state index contributed by atoms with van der Waals surface area (Å²) in [6, 6.07) is 10.2. The van der Waals surface area contributed by atoms with E-state index in [0.717, 1.165) is 22.7 Å². The molecule has 2 aromatic rings. The minimum atomic E-state index is 0.0760. The summed E-state index contributed by atoms with van der Waals surface area (Å²) < 4.78 is 0.873. The van der Waals surface area contributed by atoms with Gasteiger partial charge in [-0.3, -0.25) is 0 Å². The minimum Gasteiger partial charge on any atom is -0.361 e. The second-order valence-corrected chi connectivity index (χ2v) is 5.38. The maximum absolute atomic E-state index is 6.10. The molecule has 0 radical (unpaired) electrons. The first kappa shape index (κ1) is 12.5. The summed E-state index contributed by atoms with van der Waals surface area (Å²) in [7, 11) is 0. The van der Waals surface area contributed by atoms with Gasteiger partial charge in [-0.1, -0.05) is 30.3 Å². The van der Waals surface area contributed by atoms with Gasteiger partial charge >= 0.3 is 0 Å². The van der Waals surface area contributed by atoms with Crippen LogP contribution >= 0.6 is 27.3 Å². The van der Waals surface area contributed by atoms with Crippen LogP contribution < -0.4 is 11.1 Å². The van der Waals surface area contributed by atoms with Crippen molar-refractivity contribution >= 4 is 32.4 Å². The predicted octanol–water partition coefficient (Wildman–Crippen LogP) is 3.41. The van der Waals surface area contributed by atoms with Crippen molar-refractivity contribution in [3.8, 4) is 0 Å². The predicted molar refractivity (Wildman–Crippen MR) is 76.3 cm³/mol. The first-order valence-electron chi connectivity index (χ1n) is 5.41. The van der Waals surface area contributed by atoms with Crippen molar-refractivity contribution < 1.29 is 0 Å². The topological polar surface area (TPSA) is 50.9 Å². The first-order chi connectivity index (χ1) is 8.25. The monoisotopic (exact) mass is 311 g/mol. The highest BCUT2D eigenvalue weighted by atomic mass is 79.9. The number of anilines is 1. The molecule has 0 aliphatic rings. The van der Waals surface area contributed by atoms with E-state index in [1.54, 1.807) is 11.3 Å². The van der Waals surface area contributed by atoms with Gasteiger partial charge in [-0.2, -0.15) is 0 Å². The second kappa shape index (κ2) is 6.14. The van der Waals surface area contributed by atoms with E-state index in [4.69, 9.17) is 5.73 Å². The zero-order valence-corrected chi connectivity index (χ0v) is 11.7. The maximum atomic E-state index is 6.10. The van der Waals surface area contributed by atoms with Crippen LogP contribution in [0.25, 0.3) is 0 Å². The quantitative estimate of drug-likeness (QED) is 0.889. The normalized spacial score (nSPS) is 12.4. The minimum absolute atomic E-state index is 0.0760. The van der Waals surface area contributed by atoms with Crippen LogP contribution in [0.2, 0.25) is 0 Å². The van der Waals surface area contributed by atoms with Crippen LogP contribution in [0, 0.1) is 0 Å². The molecule has 1 aromatic carbocycles. The first-order valence-corrected chi connectivity index (χ1v) is 7.08. The molecule has 5 heteroatoms. The number of benzene rings is 1. The molecule has 1 aromatic heterocycles. The molecule has 0 saturated heterocycles. The van der Waals surface area contributed by atoms with Crippen molar-refractivity contribution in [2.45, 2.75) is 12.5 Å². The van der Waals surface area contributed by atoms with Crippen LogP contribution in [0.5, 0.6) is 0 Å². The number of nitrogens with zero attached hydrogens (tertiary/aromatic N) is 1. The zero-order valence-electron chi connectivity index (χ0n) is 9.27. The van der Waals surface area contributed by atoms with Gasteiger partial charge in [-0.15, -0.1) is 11.3 Å². The highest BCUT2D eigenvalue weighted by Gasteiger charge is 2.05. The Kier molecular flexibility index (Phi) is 4.53. The molecule has 1 heterocycles. The molecule has 2 rings (SSSR count). The summed E-state index contributed by atoms with van der Waals surface area (Å²) in [6.45, 7) is 0.829. The van der Waals surface area contributed by atoms with E-state index < -0.39 is 0 Å². The largest absolute Gasteiger partial charge is 0.361 e. The van der Waals surface area contributed by atoms with Gasteiger partial charge in [0.05, 0.1) is 0 Å². The number of nitrogens with two attached hydrogens (primary N) is 1. The van der Waals surface area contributed by atoms with E-state index in [-0.39, 0.29) is 6.04 Å². The molecule has 0 bridgehead atoms. The fraction of sp³-hybridized carbons (Fsp3) is 0.250. The Morgan fingerprint density at radius 3 is 2.76 bits per heavy atom. The number of aromatic nitrogens is 1. The molecule has 1 unspecified atom stereocenters. The van der Waals surface area contributed by atoms with E-state index >= 15 is 0 Å². The van der Waals surface area contributed by atoms with Crippen LogP contribution in [-0.2, 0) is 0 Å². The second-order valence-electron chi connectivity index (χ2n) is 3.71. The third-order valence-electron chi connectivity index (χ3n) is 2.44. The number of thiazole rings is 1. The van der Waals surface area contributed by atoms with Crippen molar-refractivity contribution in [3.63, 3.8) is 0 Å². The molecule has 3 N–H and O–H groups in total. The van der Waals surface area contributed by atoms with Gasteiger partial charge in [0.15, 0.2) is 5.13 Å². The Hall–Kier alpha value is -0.910. The molecule has 0 fully saturated rings. The summed E-state index contributed by atoms with van der Waals surface area (Å²) >= 11 is 4.91. The van der Waals surface area contributed by atoms with Crippen molar-refractivity contribution in [2.24, 2.45) is 5.73 Å². The van der Waals surface area contributed by atoms with E-state index in [2.05, 4.69) is 38.4 Å². The summed E-state index contributed by atoms with van der Waals surface area (Å²) in [5.41, 5.74) is 7.27. The number of hydrogen-bond donors (Lipinski definition) is 2. The van der Waals surface area contributed by atoms with Gasteiger partial charge in [0, 0.05) is 18.0 Å². The Morgan fingerprint density at radius 2 is 2.12 bits per heavy atom. The fourth-order valence-corrected chi connectivity index (χ4v) is 2.71. The highest BCUT2D eigenvalue weighted by molar-refractivity contribution is 9.10. The average Bonchev–Trinajstić information content (AvgIpc) is 2.76. The Balaban J connectivity index is 1.79. The standard InChI is InChI=1S/C12H14BrN3S/c13-11-8-17-12(16-11)15-7-6-10(14)9-4-2-1-3-5-9/h1-5,8,10H,6-7,14H2,(H,15,16). The van der Waals surface area contributed by atoms with Crippen LogP contribution in [0.3, 0.4) is 0 Å². The maximum Gasteiger partial charge on any atom is 0.183 e. The number of nitrogens with one attached hydrogen (secondary N) is 1. The molecule has 0 spiro atoms. The molecule has 1 atom stereocenters. The summed E-state index contributed by atoms with van der Waals surface area (Å²) in [6.07, 6.45) is 0.890. The SMILES string of the molecule is NC(CCNc1nc(Br)cs1)c1ccccc1. The summed E-state index contributed by atoms with van der Waals surface area (Å²) in [4.78, 5) is 4.26. The van der Waals surface area contributed by atoms with Gasteiger partial charge in [0.25, 0.3) is 0 Å². The molecule has 0 aliphatic heterocycles. The molecule has 90 valence electrons. The number of halogens is 1. The van der Waals surface area contributed by atoms with Gasteiger partial charge in [-0.05, 0) is 27.9 Å². The van der Waals surface area contributed by atoms with E-state index in [1.165, 1.54) is 5.56 Å². The molecule has 17 heavy (non-hydrogen) atoms. The number of rotatable bonds is 5. The lowest BCUT2D eigenvalue weighted by Crippen LogP contribution is -2.15. The van der Waals surface area contributed by atoms with E-state index in [1.807, 2.05) is 23.6 Å². The lowest BCUT2D eigenvalue weighted by molar-refractivity contribution is 0.675. The van der Waals surface area contributed by atoms with Crippen LogP contribution in [-0.4, -0.2) is 11.5 Å². The van der Waals surface area contributed by atoms with Crippen LogP contribution in [0.4, 0.5) is 5.13 Å². The van der Waals surface area contributed by atoms with Crippen molar-refractivity contribution in [2.75, 3.05) is 11.9 Å². The third kappa shape index (κ3) is 3.80. The van der Waals surface area contributed by atoms with Crippen LogP contribution in [0.1, 0.15) is 18.0 Å². The summed E-state index contributed by atoms with van der Waals surface area (Å²) in [5.74, 6) is 0. The Labute approximate surface area is 113 Å². The van der Waals surface area contributed by atoms with Crippen molar-refractivity contribution in [1.29, 1.82) is 0 Å². The molecule has 0 amide bonds. The lowest BCUT2D eigenvalue weighted by atomic mass is 10.1. The fourth-order valence-electron chi connectivity index (χ4n) is 1.54. The van der Waals surface area contributed by atoms with Gasteiger partial charge in [0.2, 0.25) is 0 Å². The smallest absolute Gasteiger partial charge is 0.183 e. The average molecular weight is 312 g/mol. The highest BCUT2D eigenvalue weighted by Crippen LogP contribution is 2.20. The molecular formula is C12H14BrN3S. The van der Waals surface area contributed by atoms with Crippen molar-refractivity contribution in [1.82, 2.24) is 4.98 Å². The van der Waals surface area contributed by atoms with Crippen molar-refractivity contribution in [3.05, 3.63) is 45.9 Å².